The van der Waals surface area contributed by atoms with Crippen molar-refractivity contribution in [3.05, 3.63) is 22.4 Å². The van der Waals surface area contributed by atoms with Crippen molar-refractivity contribution < 1.29 is 9.53 Å². The number of hydrogen-bond donors (Lipinski definition) is 0. The Morgan fingerprint density at radius 1 is 1.61 bits per heavy atom. The summed E-state index contributed by atoms with van der Waals surface area (Å²) in [5.41, 5.74) is -0.0788. The largest absolute Gasteiger partial charge is 0.382 e. The molecule has 1 aromatic rings. The number of carbonyl (C=O) groups is 1. The van der Waals surface area contributed by atoms with Gasteiger partial charge in [-0.3, -0.25) is 4.79 Å². The van der Waals surface area contributed by atoms with E-state index in [1.54, 1.807) is 7.11 Å². The van der Waals surface area contributed by atoms with Gasteiger partial charge in [-0.25, -0.2) is 0 Å². The summed E-state index contributed by atoms with van der Waals surface area (Å²) in [5, 5.41) is 1.96. The molecule has 0 radical (unpaired) electrons. The zero-order valence-electron chi connectivity index (χ0n) is 11.1. The number of likely N-dealkylation sites (tertiary alicyclic amines) is 1. The van der Waals surface area contributed by atoms with Gasteiger partial charge < -0.3 is 9.64 Å². The van der Waals surface area contributed by atoms with Crippen molar-refractivity contribution in [1.29, 1.82) is 0 Å². The number of rotatable bonds is 5. The molecule has 0 bridgehead atoms. The van der Waals surface area contributed by atoms with E-state index < -0.39 is 0 Å². The highest BCUT2D eigenvalue weighted by Crippen LogP contribution is 2.35. The molecule has 1 atom stereocenters. The first-order valence-electron chi connectivity index (χ1n) is 6.58. The van der Waals surface area contributed by atoms with Gasteiger partial charge in [0.05, 0.1) is 17.0 Å². The second kappa shape index (κ2) is 5.85. The average molecular weight is 267 g/mol. The van der Waals surface area contributed by atoms with Gasteiger partial charge in [-0.05, 0) is 30.7 Å². The summed E-state index contributed by atoms with van der Waals surface area (Å²) in [6, 6.07) is 3.85. The highest BCUT2D eigenvalue weighted by atomic mass is 32.1. The van der Waals surface area contributed by atoms with Crippen LogP contribution in [0.5, 0.6) is 0 Å². The van der Waals surface area contributed by atoms with E-state index in [0.717, 1.165) is 37.1 Å². The maximum absolute atomic E-state index is 12.6. The van der Waals surface area contributed by atoms with Gasteiger partial charge in [0.1, 0.15) is 0 Å². The Morgan fingerprint density at radius 2 is 2.44 bits per heavy atom. The number of carbonyl (C=O) groups excluding carboxylic acids is 1. The van der Waals surface area contributed by atoms with Gasteiger partial charge in [-0.15, -0.1) is 11.3 Å². The van der Waals surface area contributed by atoms with Crippen molar-refractivity contribution in [1.82, 2.24) is 4.90 Å². The number of ether oxygens (including phenoxy) is 1. The fourth-order valence-corrected chi connectivity index (χ4v) is 3.68. The lowest BCUT2D eigenvalue weighted by atomic mass is 9.91. The Labute approximate surface area is 113 Å². The van der Waals surface area contributed by atoms with Crippen molar-refractivity contribution in [2.24, 2.45) is 0 Å². The van der Waals surface area contributed by atoms with Crippen LogP contribution in [0.3, 0.4) is 0 Å². The summed E-state index contributed by atoms with van der Waals surface area (Å²) < 4.78 is 5.39. The molecule has 3 nitrogen and oxygen atoms in total. The molecule has 1 aliphatic rings. The van der Waals surface area contributed by atoms with E-state index in [4.69, 9.17) is 4.74 Å². The standard InChI is InChI=1S/C14H21NO2S/c1-3-7-14(11-17-2)8-5-9-15(14)13(16)12-6-4-10-18-12/h4,6,10H,3,5,7-9,11H2,1-2H3. The van der Waals surface area contributed by atoms with Gasteiger partial charge in [0.2, 0.25) is 0 Å². The van der Waals surface area contributed by atoms with Crippen LogP contribution in [-0.4, -0.2) is 36.6 Å². The normalized spacial score (nSPS) is 23.6. The molecule has 1 aromatic heterocycles. The van der Waals surface area contributed by atoms with Crippen LogP contribution in [-0.2, 0) is 4.74 Å². The van der Waals surface area contributed by atoms with Gasteiger partial charge in [-0.2, -0.15) is 0 Å². The Kier molecular flexibility index (Phi) is 4.40. The molecule has 0 spiro atoms. The predicted octanol–water partition coefficient (Wildman–Crippen LogP) is 3.17. The second-order valence-electron chi connectivity index (χ2n) is 4.94. The van der Waals surface area contributed by atoms with Crippen LogP contribution in [0.4, 0.5) is 0 Å². The molecule has 1 aliphatic heterocycles. The third-order valence-corrected chi connectivity index (χ3v) is 4.56. The van der Waals surface area contributed by atoms with E-state index in [0.29, 0.717) is 6.61 Å². The summed E-state index contributed by atoms with van der Waals surface area (Å²) in [7, 11) is 1.73. The molecule has 2 heterocycles. The molecule has 0 saturated carbocycles. The summed E-state index contributed by atoms with van der Waals surface area (Å²) >= 11 is 1.52. The van der Waals surface area contributed by atoms with Crippen LogP contribution in [0, 0.1) is 0 Å². The van der Waals surface area contributed by atoms with Crippen molar-refractivity contribution in [3.63, 3.8) is 0 Å². The van der Waals surface area contributed by atoms with Gasteiger partial charge >= 0.3 is 0 Å². The Hall–Kier alpha value is -0.870. The van der Waals surface area contributed by atoms with E-state index in [2.05, 4.69) is 6.92 Å². The van der Waals surface area contributed by atoms with Gasteiger partial charge in [0.25, 0.3) is 5.91 Å². The third-order valence-electron chi connectivity index (χ3n) is 3.70. The number of methoxy groups -OCH3 is 1. The summed E-state index contributed by atoms with van der Waals surface area (Å²) in [6.45, 7) is 3.68. The second-order valence-corrected chi connectivity index (χ2v) is 5.89. The number of thiophene rings is 1. The molecule has 1 amide bonds. The molecule has 18 heavy (non-hydrogen) atoms. The maximum atomic E-state index is 12.6. The molecule has 1 saturated heterocycles. The molecule has 0 aliphatic carbocycles. The first-order valence-corrected chi connectivity index (χ1v) is 7.46. The van der Waals surface area contributed by atoms with E-state index in [9.17, 15) is 4.79 Å². The van der Waals surface area contributed by atoms with Crippen LogP contribution >= 0.6 is 11.3 Å². The van der Waals surface area contributed by atoms with Crippen molar-refractivity contribution in [2.45, 2.75) is 38.1 Å². The Bertz CT molecular complexity index is 383. The zero-order chi connectivity index (χ0) is 13.0. The van der Waals surface area contributed by atoms with Crippen molar-refractivity contribution in [3.8, 4) is 0 Å². The van der Waals surface area contributed by atoms with Crippen LogP contribution in [0.15, 0.2) is 17.5 Å². The topological polar surface area (TPSA) is 29.5 Å². The summed E-state index contributed by atoms with van der Waals surface area (Å²) in [5.74, 6) is 0.174. The maximum Gasteiger partial charge on any atom is 0.264 e. The van der Waals surface area contributed by atoms with E-state index in [1.807, 2.05) is 22.4 Å². The van der Waals surface area contributed by atoms with Gasteiger partial charge in [0.15, 0.2) is 0 Å². The lowest BCUT2D eigenvalue weighted by Gasteiger charge is -2.38. The summed E-state index contributed by atoms with van der Waals surface area (Å²) in [6.07, 6.45) is 4.25. The van der Waals surface area contributed by atoms with Crippen LogP contribution < -0.4 is 0 Å². The number of nitrogens with zero attached hydrogens (tertiary/aromatic N) is 1. The highest BCUT2D eigenvalue weighted by molar-refractivity contribution is 7.12. The number of amides is 1. The monoisotopic (exact) mass is 267 g/mol. The van der Waals surface area contributed by atoms with Gasteiger partial charge in [-0.1, -0.05) is 19.4 Å². The number of hydrogen-bond acceptors (Lipinski definition) is 3. The first-order chi connectivity index (χ1) is 8.73. The van der Waals surface area contributed by atoms with Crippen LogP contribution in [0.1, 0.15) is 42.3 Å². The van der Waals surface area contributed by atoms with Crippen LogP contribution in [0.25, 0.3) is 0 Å². The predicted molar refractivity (Wildman–Crippen MR) is 74.1 cm³/mol. The lowest BCUT2D eigenvalue weighted by Crippen LogP contribution is -2.50. The molecule has 1 unspecified atom stereocenters. The molecule has 100 valence electrons. The first kappa shape index (κ1) is 13.6. The fraction of sp³-hybridized carbons (Fsp3) is 0.643. The lowest BCUT2D eigenvalue weighted by molar-refractivity contribution is 0.0258. The van der Waals surface area contributed by atoms with Gasteiger partial charge in [0, 0.05) is 13.7 Å². The van der Waals surface area contributed by atoms with Crippen molar-refractivity contribution in [2.75, 3.05) is 20.3 Å². The zero-order valence-corrected chi connectivity index (χ0v) is 12.0. The minimum absolute atomic E-state index is 0.0788. The van der Waals surface area contributed by atoms with E-state index >= 15 is 0 Å². The molecule has 0 aromatic carbocycles. The van der Waals surface area contributed by atoms with Crippen LogP contribution in [0.2, 0.25) is 0 Å². The van der Waals surface area contributed by atoms with E-state index in [1.165, 1.54) is 11.3 Å². The fourth-order valence-electron chi connectivity index (χ4n) is 3.00. The molecular formula is C14H21NO2S. The SMILES string of the molecule is CCCC1(COC)CCCN1C(=O)c1cccs1. The Balaban J connectivity index is 2.21. The molecule has 1 fully saturated rings. The molecule has 2 rings (SSSR count). The van der Waals surface area contributed by atoms with Crippen molar-refractivity contribution >= 4 is 17.2 Å². The minimum atomic E-state index is -0.0788. The Morgan fingerprint density at radius 3 is 3.06 bits per heavy atom. The molecular weight excluding hydrogens is 246 g/mol. The molecule has 4 heteroatoms. The third kappa shape index (κ3) is 2.45. The quantitative estimate of drug-likeness (QED) is 0.820. The molecule has 0 N–H and O–H groups in total. The summed E-state index contributed by atoms with van der Waals surface area (Å²) in [4.78, 5) is 15.4. The highest BCUT2D eigenvalue weighted by Gasteiger charge is 2.43. The van der Waals surface area contributed by atoms with E-state index in [-0.39, 0.29) is 11.4 Å². The smallest absolute Gasteiger partial charge is 0.264 e. The minimum Gasteiger partial charge on any atom is -0.382 e. The average Bonchev–Trinajstić information content (AvgIpc) is 2.98.